The highest BCUT2D eigenvalue weighted by molar-refractivity contribution is 8.21. The van der Waals surface area contributed by atoms with E-state index in [-0.39, 0.29) is 0 Å². The molecule has 0 aromatic heterocycles. The van der Waals surface area contributed by atoms with Gasteiger partial charge >= 0.3 is 0 Å². The molecule has 0 radical (unpaired) electrons. The lowest BCUT2D eigenvalue weighted by Crippen LogP contribution is -2.43. The highest BCUT2D eigenvalue weighted by Crippen LogP contribution is 2.50. The van der Waals surface area contributed by atoms with Crippen LogP contribution >= 0.6 is 23.5 Å². The predicted octanol–water partition coefficient (Wildman–Crippen LogP) is 3.45. The molecule has 2 unspecified atom stereocenters. The van der Waals surface area contributed by atoms with Crippen LogP contribution in [0.5, 0.6) is 0 Å². The third-order valence-electron chi connectivity index (χ3n) is 4.14. The number of hydrogen-bond donors (Lipinski definition) is 0. The minimum absolute atomic E-state index is 0.589. The van der Waals surface area contributed by atoms with Gasteiger partial charge in [0.15, 0.2) is 9.41 Å². The summed E-state index contributed by atoms with van der Waals surface area (Å²) < 4.78 is 25.4. The second-order valence-electron chi connectivity index (χ2n) is 5.60. The van der Waals surface area contributed by atoms with Gasteiger partial charge in [-0.3, -0.25) is 0 Å². The quantitative estimate of drug-likeness (QED) is 0.813. The van der Waals surface area contributed by atoms with Crippen molar-refractivity contribution in [1.82, 2.24) is 0 Å². The van der Waals surface area contributed by atoms with Crippen molar-refractivity contribution in [3.8, 4) is 0 Å². The van der Waals surface area contributed by atoms with Crippen molar-refractivity contribution < 1.29 is 8.42 Å². The molecule has 0 amide bonds. The van der Waals surface area contributed by atoms with Gasteiger partial charge < -0.3 is 9.80 Å². The maximum absolute atomic E-state index is 13.3. The number of fused-ring (bicyclic) bond motifs is 2. The van der Waals surface area contributed by atoms with E-state index in [4.69, 9.17) is 0 Å². The number of rotatable bonds is 2. The van der Waals surface area contributed by atoms with E-state index in [1.807, 2.05) is 72.4 Å². The molecule has 0 saturated heterocycles. The Hall–Kier alpha value is -1.31. The molecular weight excluding hydrogens is 348 g/mol. The molecule has 0 N–H and O–H groups in total. The first-order valence-corrected chi connectivity index (χ1v) is 10.6. The number of benzene rings is 2. The molecule has 120 valence electrons. The van der Waals surface area contributed by atoms with Crippen LogP contribution in [0.3, 0.4) is 0 Å². The maximum atomic E-state index is 13.3. The van der Waals surface area contributed by atoms with Crippen molar-refractivity contribution in [1.29, 1.82) is 0 Å². The highest BCUT2D eigenvalue weighted by atomic mass is 32.3. The molecule has 2 aliphatic rings. The Kier molecular flexibility index (Phi) is 3.55. The molecule has 2 atom stereocenters. The minimum atomic E-state index is -3.39. The molecular formula is C16H16N2O2S3. The van der Waals surface area contributed by atoms with E-state index < -0.39 is 19.2 Å². The van der Waals surface area contributed by atoms with E-state index in [1.165, 1.54) is 23.5 Å². The summed E-state index contributed by atoms with van der Waals surface area (Å²) in [4.78, 5) is 5.78. The average molecular weight is 365 g/mol. The molecule has 4 nitrogen and oxygen atoms in total. The second-order valence-corrected chi connectivity index (χ2v) is 10.5. The van der Waals surface area contributed by atoms with Crippen molar-refractivity contribution in [3.05, 3.63) is 48.5 Å². The van der Waals surface area contributed by atoms with Gasteiger partial charge in [0.1, 0.15) is 0 Å². The van der Waals surface area contributed by atoms with Crippen LogP contribution in [-0.4, -0.2) is 31.9 Å². The normalized spacial score (nSPS) is 23.0. The van der Waals surface area contributed by atoms with Crippen LogP contribution in [0.1, 0.15) is 0 Å². The zero-order valence-electron chi connectivity index (χ0n) is 12.7. The molecule has 0 bridgehead atoms. The Bertz CT molecular complexity index is 804. The van der Waals surface area contributed by atoms with Gasteiger partial charge in [0, 0.05) is 23.9 Å². The summed E-state index contributed by atoms with van der Waals surface area (Å²) in [6, 6.07) is 15.7. The lowest BCUT2D eigenvalue weighted by molar-refractivity contribution is 0.589. The number of para-hydroxylation sites is 2. The van der Waals surface area contributed by atoms with Gasteiger partial charge in [-0.25, -0.2) is 8.42 Å². The monoisotopic (exact) mass is 364 g/mol. The number of nitrogens with zero attached hydrogens (tertiary/aromatic N) is 2. The SMILES string of the molecule is CN1c2ccccc2SC1S(=O)(=O)C1Sc2ccccc2N1C. The fourth-order valence-corrected chi connectivity index (χ4v) is 8.78. The van der Waals surface area contributed by atoms with Crippen molar-refractivity contribution in [2.24, 2.45) is 0 Å². The molecule has 0 spiro atoms. The third-order valence-corrected chi connectivity index (χ3v) is 10.3. The van der Waals surface area contributed by atoms with Crippen LogP contribution in [0, 0.1) is 0 Å². The summed E-state index contributed by atoms with van der Waals surface area (Å²) in [6.07, 6.45) is 0. The first-order valence-electron chi connectivity index (χ1n) is 7.20. The van der Waals surface area contributed by atoms with Crippen LogP contribution in [0.15, 0.2) is 58.3 Å². The van der Waals surface area contributed by atoms with Crippen LogP contribution in [0.4, 0.5) is 11.4 Å². The molecule has 0 fully saturated rings. The van der Waals surface area contributed by atoms with Crippen LogP contribution < -0.4 is 9.80 Å². The third kappa shape index (κ3) is 2.25. The van der Waals surface area contributed by atoms with E-state index in [1.54, 1.807) is 0 Å². The summed E-state index contributed by atoms with van der Waals surface area (Å²) in [5.74, 6) is 0. The Morgan fingerprint density at radius 2 is 1.17 bits per heavy atom. The van der Waals surface area contributed by atoms with Crippen LogP contribution in [0.2, 0.25) is 0 Å². The summed E-state index contributed by atoms with van der Waals surface area (Å²) >= 11 is 2.83. The van der Waals surface area contributed by atoms with E-state index in [2.05, 4.69) is 0 Å². The van der Waals surface area contributed by atoms with E-state index in [9.17, 15) is 8.42 Å². The van der Waals surface area contributed by atoms with Gasteiger partial charge in [-0.1, -0.05) is 47.8 Å². The number of sulfone groups is 1. The van der Waals surface area contributed by atoms with Gasteiger partial charge in [-0.15, -0.1) is 0 Å². The molecule has 0 aliphatic carbocycles. The standard InChI is InChI=1S/C16H16N2O2S3/c1-17-11-7-3-5-9-13(11)21-15(17)23(19,20)16-18(2)12-8-4-6-10-14(12)22-16/h3-10,15-16H,1-2H3. The van der Waals surface area contributed by atoms with Gasteiger partial charge in [0.25, 0.3) is 0 Å². The Labute approximate surface area is 144 Å². The zero-order valence-corrected chi connectivity index (χ0v) is 15.2. The largest absolute Gasteiger partial charge is 0.349 e. The molecule has 2 aromatic carbocycles. The highest BCUT2D eigenvalue weighted by Gasteiger charge is 2.46. The van der Waals surface area contributed by atoms with E-state index in [0.29, 0.717) is 0 Å². The van der Waals surface area contributed by atoms with Crippen molar-refractivity contribution in [3.63, 3.8) is 0 Å². The molecule has 23 heavy (non-hydrogen) atoms. The summed E-state index contributed by atoms with van der Waals surface area (Å²) in [7, 11) is 0.316. The average Bonchev–Trinajstić information content (AvgIpc) is 3.07. The lowest BCUT2D eigenvalue weighted by atomic mass is 10.3. The lowest BCUT2D eigenvalue weighted by Gasteiger charge is -2.28. The van der Waals surface area contributed by atoms with Gasteiger partial charge in [-0.2, -0.15) is 0 Å². The summed E-state index contributed by atoms with van der Waals surface area (Å²) in [5, 5.41) is 0. The van der Waals surface area contributed by atoms with Crippen molar-refractivity contribution >= 4 is 44.7 Å². The van der Waals surface area contributed by atoms with Crippen molar-refractivity contribution in [2.45, 2.75) is 19.2 Å². The molecule has 0 saturated carbocycles. The minimum Gasteiger partial charge on any atom is -0.349 e. The van der Waals surface area contributed by atoms with Gasteiger partial charge in [-0.05, 0) is 24.3 Å². The summed E-state index contributed by atoms with van der Waals surface area (Å²) in [6.45, 7) is 0. The van der Waals surface area contributed by atoms with Crippen LogP contribution in [0.25, 0.3) is 0 Å². The number of anilines is 2. The topological polar surface area (TPSA) is 40.6 Å². The van der Waals surface area contributed by atoms with Crippen LogP contribution in [-0.2, 0) is 9.84 Å². The fraction of sp³-hybridized carbons (Fsp3) is 0.250. The van der Waals surface area contributed by atoms with E-state index in [0.717, 1.165) is 21.2 Å². The fourth-order valence-electron chi connectivity index (χ4n) is 2.97. The van der Waals surface area contributed by atoms with E-state index >= 15 is 0 Å². The predicted molar refractivity (Wildman–Crippen MR) is 97.9 cm³/mol. The Morgan fingerprint density at radius 1 is 0.783 bits per heavy atom. The molecule has 2 aromatic rings. The van der Waals surface area contributed by atoms with Crippen molar-refractivity contribution in [2.75, 3.05) is 23.9 Å². The first kappa shape index (κ1) is 15.2. The molecule has 4 rings (SSSR count). The zero-order chi connectivity index (χ0) is 16.2. The number of thioether (sulfide) groups is 2. The molecule has 2 aliphatic heterocycles. The Balaban J connectivity index is 1.68. The molecule has 7 heteroatoms. The first-order chi connectivity index (χ1) is 11.0. The summed E-state index contributed by atoms with van der Waals surface area (Å²) in [5.41, 5.74) is 1.96. The number of hydrogen-bond acceptors (Lipinski definition) is 6. The Morgan fingerprint density at radius 3 is 1.57 bits per heavy atom. The smallest absolute Gasteiger partial charge is 0.212 e. The van der Waals surface area contributed by atoms with Gasteiger partial charge in [0.05, 0.1) is 11.4 Å². The molecule has 2 heterocycles. The maximum Gasteiger partial charge on any atom is 0.212 e. The van der Waals surface area contributed by atoms with Gasteiger partial charge in [0.2, 0.25) is 9.84 Å². The second kappa shape index (κ2) is 5.36.